The number of pyridine rings is 4. The van der Waals surface area contributed by atoms with Gasteiger partial charge in [0.05, 0.1) is 22.8 Å². The molecule has 4 nitrogen and oxygen atoms in total. The number of rotatable bonds is 6. The highest BCUT2D eigenvalue weighted by molar-refractivity contribution is 5.89. The van der Waals surface area contributed by atoms with Gasteiger partial charge in [-0.3, -0.25) is 19.9 Å². The van der Waals surface area contributed by atoms with E-state index in [0.29, 0.717) is 0 Å². The van der Waals surface area contributed by atoms with Crippen LogP contribution in [-0.2, 0) is 0 Å². The summed E-state index contributed by atoms with van der Waals surface area (Å²) in [5.41, 5.74) is 20.8. The van der Waals surface area contributed by atoms with E-state index in [4.69, 9.17) is 9.97 Å². The molecule has 4 heterocycles. The smallest absolute Gasteiger partial charge is 0.0746 e. The number of fused-ring (bicyclic) bond motifs is 6. The first-order chi connectivity index (χ1) is 27.8. The molecule has 4 aromatic heterocycles. The first-order valence-electron chi connectivity index (χ1n) is 19.1. The molecule has 2 aliphatic carbocycles. The van der Waals surface area contributed by atoms with E-state index >= 15 is 0 Å². The molecule has 11 rings (SSSR count). The molecule has 0 saturated heterocycles. The lowest BCUT2D eigenvalue weighted by atomic mass is 9.83. The Morgan fingerprint density at radius 2 is 0.732 bits per heavy atom. The molecule has 0 saturated carbocycles. The zero-order chi connectivity index (χ0) is 37.0. The molecule has 262 valence electrons. The Morgan fingerprint density at radius 3 is 1.20 bits per heavy atom. The summed E-state index contributed by atoms with van der Waals surface area (Å²) in [5.74, 6) is 0.127. The molecular formula is C52H34N4. The van der Waals surface area contributed by atoms with E-state index in [-0.39, 0.29) is 11.8 Å². The van der Waals surface area contributed by atoms with Gasteiger partial charge >= 0.3 is 0 Å². The first-order valence-corrected chi connectivity index (χ1v) is 19.1. The molecule has 2 aliphatic rings. The van der Waals surface area contributed by atoms with Crippen molar-refractivity contribution in [3.63, 3.8) is 0 Å². The molecule has 2 unspecified atom stereocenters. The second-order valence-electron chi connectivity index (χ2n) is 14.5. The number of hydrogen-bond donors (Lipinski definition) is 0. The number of benzene rings is 5. The van der Waals surface area contributed by atoms with Gasteiger partial charge in [0.15, 0.2) is 0 Å². The Balaban J connectivity index is 1.00. The predicted octanol–water partition coefficient (Wildman–Crippen LogP) is 12.3. The van der Waals surface area contributed by atoms with Crippen molar-refractivity contribution in [3.8, 4) is 67.3 Å². The average molecular weight is 715 g/mol. The Morgan fingerprint density at radius 1 is 0.286 bits per heavy atom. The maximum Gasteiger partial charge on any atom is 0.0746 e. The summed E-state index contributed by atoms with van der Waals surface area (Å²) in [5, 5.41) is 0. The monoisotopic (exact) mass is 714 g/mol. The topological polar surface area (TPSA) is 51.6 Å². The van der Waals surface area contributed by atoms with E-state index in [9.17, 15) is 0 Å². The Labute approximate surface area is 325 Å². The highest BCUT2D eigenvalue weighted by Crippen LogP contribution is 2.52. The molecule has 2 atom stereocenters. The second-order valence-corrected chi connectivity index (χ2v) is 14.5. The van der Waals surface area contributed by atoms with Gasteiger partial charge in [0, 0.05) is 58.9 Å². The Hall–Kier alpha value is -7.30. The largest absolute Gasteiger partial charge is 0.256 e. The number of aromatic nitrogens is 4. The summed E-state index contributed by atoms with van der Waals surface area (Å²) in [7, 11) is 0. The fraction of sp³-hybridized carbons (Fsp3) is 0.0385. The average Bonchev–Trinajstić information content (AvgIpc) is 3.79. The van der Waals surface area contributed by atoms with Crippen molar-refractivity contribution >= 4 is 0 Å². The third-order valence-corrected chi connectivity index (χ3v) is 11.5. The van der Waals surface area contributed by atoms with Crippen molar-refractivity contribution in [2.45, 2.75) is 11.8 Å². The van der Waals surface area contributed by atoms with Crippen LogP contribution in [0.5, 0.6) is 0 Å². The van der Waals surface area contributed by atoms with E-state index in [1.807, 2.05) is 49.1 Å². The molecule has 9 aromatic rings. The van der Waals surface area contributed by atoms with Crippen LogP contribution in [0, 0.1) is 0 Å². The van der Waals surface area contributed by atoms with E-state index < -0.39 is 0 Å². The van der Waals surface area contributed by atoms with E-state index in [1.54, 1.807) is 0 Å². The fourth-order valence-electron chi connectivity index (χ4n) is 9.04. The maximum absolute atomic E-state index is 4.99. The molecule has 0 spiro atoms. The molecule has 56 heavy (non-hydrogen) atoms. The van der Waals surface area contributed by atoms with Crippen LogP contribution >= 0.6 is 0 Å². The Kier molecular flexibility index (Phi) is 7.59. The quantitative estimate of drug-likeness (QED) is 0.172. The molecule has 0 fully saturated rings. The SMILES string of the molecule is c1ccc(-c2ccccc2-c2ccc3c(c2)-c2ncccc2C3c2cccc(C3c4ccc(-c5ccccc5-c5ccccn5)cc4-c4ncccc43)c2)nc1. The molecule has 0 radical (unpaired) electrons. The normalized spacial score (nSPS) is 14.8. The van der Waals surface area contributed by atoms with Crippen LogP contribution < -0.4 is 0 Å². The number of nitrogens with zero attached hydrogens (tertiary/aromatic N) is 4. The molecule has 0 aliphatic heterocycles. The standard InChI is InChI=1S/C52H34N4/c1-3-16-39(47-20-5-7-26-53-47)37(14-1)33-22-24-41-45(31-33)51-43(18-10-28-55-51)49(41)35-12-9-13-36(30-35)50-42-25-23-34(32-46(42)52-44(50)19-11-29-56-52)38-15-2-4-17-40(38)48-21-6-8-27-54-48/h1-32,49-50H. The van der Waals surface area contributed by atoms with Gasteiger partial charge in [0.25, 0.3) is 0 Å². The van der Waals surface area contributed by atoms with Crippen LogP contribution in [-0.4, -0.2) is 19.9 Å². The highest BCUT2D eigenvalue weighted by atomic mass is 14.7. The second kappa shape index (κ2) is 13.2. The third kappa shape index (κ3) is 5.22. The van der Waals surface area contributed by atoms with Gasteiger partial charge in [-0.2, -0.15) is 0 Å². The van der Waals surface area contributed by atoms with Crippen LogP contribution in [0.15, 0.2) is 195 Å². The van der Waals surface area contributed by atoms with Gasteiger partial charge in [-0.25, -0.2) is 0 Å². The number of hydrogen-bond acceptors (Lipinski definition) is 4. The maximum atomic E-state index is 4.99. The van der Waals surface area contributed by atoms with Crippen LogP contribution in [0.4, 0.5) is 0 Å². The minimum atomic E-state index is 0.0634. The zero-order valence-electron chi connectivity index (χ0n) is 30.4. The van der Waals surface area contributed by atoms with Crippen molar-refractivity contribution in [1.82, 2.24) is 19.9 Å². The molecular weight excluding hydrogens is 681 g/mol. The van der Waals surface area contributed by atoms with Crippen molar-refractivity contribution in [2.75, 3.05) is 0 Å². The lowest BCUT2D eigenvalue weighted by molar-refractivity contribution is 0.968. The van der Waals surface area contributed by atoms with Gasteiger partial charge in [-0.1, -0.05) is 121 Å². The molecule has 0 bridgehead atoms. The van der Waals surface area contributed by atoms with Crippen LogP contribution in [0.3, 0.4) is 0 Å². The lowest BCUT2D eigenvalue weighted by Crippen LogP contribution is -2.04. The molecule has 5 aromatic carbocycles. The lowest BCUT2D eigenvalue weighted by Gasteiger charge is -2.19. The summed E-state index contributed by atoms with van der Waals surface area (Å²) in [6.45, 7) is 0. The minimum absolute atomic E-state index is 0.0634. The van der Waals surface area contributed by atoms with Gasteiger partial charge in [-0.15, -0.1) is 0 Å². The summed E-state index contributed by atoms with van der Waals surface area (Å²) in [4.78, 5) is 19.3. The third-order valence-electron chi connectivity index (χ3n) is 11.5. The summed E-state index contributed by atoms with van der Waals surface area (Å²) in [6, 6.07) is 60.9. The molecule has 4 heteroatoms. The van der Waals surface area contributed by atoms with E-state index in [0.717, 1.165) is 56.2 Å². The van der Waals surface area contributed by atoms with Crippen LogP contribution in [0.25, 0.3) is 67.3 Å². The summed E-state index contributed by atoms with van der Waals surface area (Å²) in [6.07, 6.45) is 7.54. The zero-order valence-corrected chi connectivity index (χ0v) is 30.4. The minimum Gasteiger partial charge on any atom is -0.256 e. The van der Waals surface area contributed by atoms with Gasteiger partial charge in [0.2, 0.25) is 0 Å². The van der Waals surface area contributed by atoms with E-state index in [1.165, 1.54) is 44.5 Å². The predicted molar refractivity (Wildman–Crippen MR) is 225 cm³/mol. The fourth-order valence-corrected chi connectivity index (χ4v) is 9.04. The van der Waals surface area contributed by atoms with Crippen LogP contribution in [0.1, 0.15) is 45.2 Å². The Bertz CT molecular complexity index is 2740. The summed E-state index contributed by atoms with van der Waals surface area (Å²) < 4.78 is 0. The summed E-state index contributed by atoms with van der Waals surface area (Å²) >= 11 is 0. The van der Waals surface area contributed by atoms with E-state index in [2.05, 4.69) is 156 Å². The van der Waals surface area contributed by atoms with Gasteiger partial charge in [0.1, 0.15) is 0 Å². The molecule has 0 amide bonds. The first kappa shape index (κ1) is 32.2. The van der Waals surface area contributed by atoms with Gasteiger partial charge in [-0.05, 0) is 104 Å². The van der Waals surface area contributed by atoms with Crippen molar-refractivity contribution in [1.29, 1.82) is 0 Å². The highest BCUT2D eigenvalue weighted by Gasteiger charge is 2.34. The molecule has 0 N–H and O–H groups in total. The van der Waals surface area contributed by atoms with Gasteiger partial charge < -0.3 is 0 Å². The van der Waals surface area contributed by atoms with Crippen molar-refractivity contribution in [3.05, 3.63) is 228 Å². The van der Waals surface area contributed by atoms with Crippen molar-refractivity contribution < 1.29 is 0 Å². The van der Waals surface area contributed by atoms with Crippen LogP contribution in [0.2, 0.25) is 0 Å². The van der Waals surface area contributed by atoms with Crippen molar-refractivity contribution in [2.24, 2.45) is 0 Å².